The van der Waals surface area contributed by atoms with Crippen molar-refractivity contribution in [3.63, 3.8) is 0 Å². The van der Waals surface area contributed by atoms with Crippen LogP contribution in [0.2, 0.25) is 0 Å². The molecule has 0 unspecified atom stereocenters. The van der Waals surface area contributed by atoms with Gasteiger partial charge in [-0.3, -0.25) is 4.79 Å². The number of rotatable bonds is 11. The molecule has 0 bridgehead atoms. The molecule has 1 amide bonds. The van der Waals surface area contributed by atoms with E-state index < -0.39 is 11.7 Å². The van der Waals surface area contributed by atoms with Crippen LogP contribution in [0.5, 0.6) is 5.75 Å². The van der Waals surface area contributed by atoms with Gasteiger partial charge < -0.3 is 19.4 Å². The fourth-order valence-corrected chi connectivity index (χ4v) is 5.72. The number of hydrogen-bond acceptors (Lipinski definition) is 4. The van der Waals surface area contributed by atoms with E-state index in [1.165, 1.54) is 43.9 Å². The molecule has 5 nitrogen and oxygen atoms in total. The smallest absolute Gasteiger partial charge is 0.416 e. The number of likely N-dealkylation sites (tertiary alicyclic amines) is 1. The molecule has 4 rings (SSSR count). The Morgan fingerprint density at radius 3 is 2.23 bits per heavy atom. The van der Waals surface area contributed by atoms with Crippen molar-refractivity contribution in [2.24, 2.45) is 0 Å². The van der Waals surface area contributed by atoms with Crippen LogP contribution in [0, 0.1) is 0 Å². The van der Waals surface area contributed by atoms with Crippen LogP contribution < -0.4 is 4.74 Å². The minimum atomic E-state index is -4.38. The Hall–Kier alpha value is -2.84. The average Bonchev–Trinajstić information content (AvgIpc) is 3.48. The molecular weight excluding hydrogens is 515 g/mol. The number of halogens is 3. The predicted octanol–water partition coefficient (Wildman–Crippen LogP) is 6.48. The quantitative estimate of drug-likeness (QED) is 0.234. The lowest BCUT2D eigenvalue weighted by atomic mass is 9.99. The molecule has 8 heteroatoms. The Labute approximate surface area is 236 Å². The lowest BCUT2D eigenvalue weighted by Gasteiger charge is -2.40. The standard InChI is InChI=1S/C32H42F3N3O2/c1-36(2)20-5-23-40-30-15-10-26(11-16-30)24-38(29-18-21-37(22-19-29)28-6-3-4-7-28)31(39)17-12-25-8-13-27(14-9-25)32(33,34)35/h8-17,28-29H,3-7,18-24H2,1-2H3/b17-12+. The highest BCUT2D eigenvalue weighted by molar-refractivity contribution is 5.92. The van der Waals surface area contributed by atoms with Gasteiger partial charge in [0.05, 0.1) is 12.2 Å². The number of benzene rings is 2. The molecule has 0 radical (unpaired) electrons. The lowest BCUT2D eigenvalue weighted by Crippen LogP contribution is -2.48. The van der Waals surface area contributed by atoms with Gasteiger partial charge in [0.1, 0.15) is 5.75 Å². The van der Waals surface area contributed by atoms with E-state index in [1.807, 2.05) is 43.3 Å². The Morgan fingerprint density at radius 2 is 1.62 bits per heavy atom. The van der Waals surface area contributed by atoms with E-state index in [9.17, 15) is 18.0 Å². The van der Waals surface area contributed by atoms with E-state index in [0.29, 0.717) is 24.8 Å². The highest BCUT2D eigenvalue weighted by Crippen LogP contribution is 2.30. The molecular formula is C32H42F3N3O2. The summed E-state index contributed by atoms with van der Waals surface area (Å²) < 4.78 is 44.6. The summed E-state index contributed by atoms with van der Waals surface area (Å²) >= 11 is 0. The fourth-order valence-electron chi connectivity index (χ4n) is 5.72. The molecule has 1 saturated carbocycles. The van der Waals surface area contributed by atoms with Crippen molar-refractivity contribution in [1.82, 2.24) is 14.7 Å². The van der Waals surface area contributed by atoms with Crippen molar-refractivity contribution in [2.45, 2.75) is 69.8 Å². The number of piperidine rings is 1. The average molecular weight is 558 g/mol. The molecule has 2 fully saturated rings. The first kappa shape index (κ1) is 30.1. The zero-order valence-corrected chi connectivity index (χ0v) is 23.7. The molecule has 1 aliphatic heterocycles. The monoisotopic (exact) mass is 557 g/mol. The molecule has 218 valence electrons. The summed E-state index contributed by atoms with van der Waals surface area (Å²) in [5.74, 6) is 0.690. The van der Waals surface area contributed by atoms with Crippen molar-refractivity contribution in [3.05, 3.63) is 71.3 Å². The van der Waals surface area contributed by atoms with E-state index in [2.05, 4.69) is 9.80 Å². The third kappa shape index (κ3) is 8.83. The summed E-state index contributed by atoms with van der Waals surface area (Å²) in [6.45, 7) is 4.07. The summed E-state index contributed by atoms with van der Waals surface area (Å²) in [7, 11) is 4.08. The van der Waals surface area contributed by atoms with Crippen LogP contribution in [0.15, 0.2) is 54.6 Å². The fraction of sp³-hybridized carbons (Fsp3) is 0.531. The minimum Gasteiger partial charge on any atom is -0.494 e. The SMILES string of the molecule is CN(C)CCCOc1ccc(CN(C(=O)/C=C/c2ccc(C(F)(F)F)cc2)C2CCN(C3CCCC3)CC2)cc1. The van der Waals surface area contributed by atoms with Crippen LogP contribution in [-0.2, 0) is 17.5 Å². The molecule has 0 spiro atoms. The van der Waals surface area contributed by atoms with Crippen molar-refractivity contribution in [2.75, 3.05) is 40.3 Å². The third-order valence-corrected chi connectivity index (χ3v) is 8.02. The highest BCUT2D eigenvalue weighted by atomic mass is 19.4. The number of carbonyl (C=O) groups excluding carboxylic acids is 1. The van der Waals surface area contributed by atoms with E-state index in [0.717, 1.165) is 62.3 Å². The first-order valence-corrected chi connectivity index (χ1v) is 14.5. The second-order valence-electron chi connectivity index (χ2n) is 11.3. The topological polar surface area (TPSA) is 36.0 Å². The van der Waals surface area contributed by atoms with E-state index >= 15 is 0 Å². The van der Waals surface area contributed by atoms with Crippen molar-refractivity contribution >= 4 is 12.0 Å². The molecule has 0 N–H and O–H groups in total. The van der Waals surface area contributed by atoms with Gasteiger partial charge in [0, 0.05) is 44.3 Å². The Bertz CT molecular complexity index is 1090. The Morgan fingerprint density at radius 1 is 0.975 bits per heavy atom. The van der Waals surface area contributed by atoms with Gasteiger partial charge in [-0.1, -0.05) is 37.1 Å². The van der Waals surface area contributed by atoms with Crippen LogP contribution in [-0.4, -0.2) is 73.0 Å². The lowest BCUT2D eigenvalue weighted by molar-refractivity contribution is -0.137. The van der Waals surface area contributed by atoms with Crippen molar-refractivity contribution in [1.29, 1.82) is 0 Å². The maximum absolute atomic E-state index is 13.5. The van der Waals surface area contributed by atoms with Crippen LogP contribution in [0.4, 0.5) is 13.2 Å². The highest BCUT2D eigenvalue weighted by Gasteiger charge is 2.31. The molecule has 2 aromatic rings. The summed E-state index contributed by atoms with van der Waals surface area (Å²) in [6, 6.07) is 13.6. The molecule has 1 heterocycles. The van der Waals surface area contributed by atoms with Crippen LogP contribution in [0.1, 0.15) is 61.6 Å². The van der Waals surface area contributed by atoms with E-state index in [4.69, 9.17) is 4.74 Å². The molecule has 2 aliphatic rings. The number of nitrogens with zero attached hydrogens (tertiary/aromatic N) is 3. The molecule has 1 saturated heterocycles. The Balaban J connectivity index is 1.42. The van der Waals surface area contributed by atoms with E-state index in [1.54, 1.807) is 6.08 Å². The van der Waals surface area contributed by atoms with E-state index in [-0.39, 0.29) is 11.9 Å². The maximum Gasteiger partial charge on any atom is 0.416 e. The number of ether oxygens (including phenoxy) is 1. The van der Waals surface area contributed by atoms with Gasteiger partial charge in [0.15, 0.2) is 0 Å². The first-order valence-electron chi connectivity index (χ1n) is 14.5. The summed E-state index contributed by atoms with van der Waals surface area (Å²) in [6.07, 6.45) is 6.66. The van der Waals surface area contributed by atoms with Gasteiger partial charge in [-0.2, -0.15) is 13.2 Å². The van der Waals surface area contributed by atoms with Gasteiger partial charge in [-0.25, -0.2) is 0 Å². The predicted molar refractivity (Wildman–Crippen MR) is 153 cm³/mol. The number of carbonyl (C=O) groups is 1. The zero-order valence-electron chi connectivity index (χ0n) is 23.7. The number of amides is 1. The van der Waals surface area contributed by atoms with Crippen LogP contribution in [0.3, 0.4) is 0 Å². The molecule has 40 heavy (non-hydrogen) atoms. The molecule has 2 aromatic carbocycles. The van der Waals surface area contributed by atoms with Gasteiger partial charge >= 0.3 is 6.18 Å². The zero-order chi connectivity index (χ0) is 28.5. The minimum absolute atomic E-state index is 0.115. The van der Waals surface area contributed by atoms with Crippen molar-refractivity contribution < 1.29 is 22.7 Å². The first-order chi connectivity index (χ1) is 19.2. The molecule has 1 aliphatic carbocycles. The van der Waals surface area contributed by atoms with Gasteiger partial charge in [-0.05, 0) is 87.7 Å². The molecule has 0 aromatic heterocycles. The van der Waals surface area contributed by atoms with Gasteiger partial charge in [0.25, 0.3) is 0 Å². The number of alkyl halides is 3. The molecule has 0 atom stereocenters. The van der Waals surface area contributed by atoms with Crippen LogP contribution >= 0.6 is 0 Å². The number of hydrogen-bond donors (Lipinski definition) is 0. The van der Waals surface area contributed by atoms with Crippen molar-refractivity contribution in [3.8, 4) is 5.75 Å². The summed E-state index contributed by atoms with van der Waals surface area (Å²) in [5, 5.41) is 0. The third-order valence-electron chi connectivity index (χ3n) is 8.02. The van der Waals surface area contributed by atoms with Gasteiger partial charge in [-0.15, -0.1) is 0 Å². The largest absolute Gasteiger partial charge is 0.494 e. The van der Waals surface area contributed by atoms with Gasteiger partial charge in [0.2, 0.25) is 5.91 Å². The maximum atomic E-state index is 13.5. The van der Waals surface area contributed by atoms with Crippen LogP contribution in [0.25, 0.3) is 6.08 Å². The summed E-state index contributed by atoms with van der Waals surface area (Å²) in [4.78, 5) is 20.1. The Kier molecular flexibility index (Phi) is 10.7. The second-order valence-corrected chi connectivity index (χ2v) is 11.3. The second kappa shape index (κ2) is 14.2. The normalized spacial score (nSPS) is 17.6. The summed E-state index contributed by atoms with van der Waals surface area (Å²) in [5.41, 5.74) is 0.889.